The summed E-state index contributed by atoms with van der Waals surface area (Å²) >= 11 is 0. The molecule has 3 rings (SSSR count). The first-order valence-electron chi connectivity index (χ1n) is 8.72. The number of sulfone groups is 1. The van der Waals surface area contributed by atoms with Crippen LogP contribution in [0.25, 0.3) is 0 Å². The normalized spacial score (nSPS) is 22.0. The number of nitrogens with one attached hydrogen (secondary N) is 1. The van der Waals surface area contributed by atoms with Crippen LogP contribution < -0.4 is 15.0 Å². The van der Waals surface area contributed by atoms with Gasteiger partial charge in [-0.15, -0.1) is 0 Å². The summed E-state index contributed by atoms with van der Waals surface area (Å²) in [6.07, 6.45) is -0.103. The molecule has 2 unspecified atom stereocenters. The van der Waals surface area contributed by atoms with Gasteiger partial charge < -0.3 is 19.3 Å². The molecule has 3 N–H and O–H groups in total. The fourth-order valence-electron chi connectivity index (χ4n) is 3.13. The Kier molecular flexibility index (Phi) is 6.08. The highest BCUT2D eigenvalue weighted by Gasteiger charge is 2.53. The number of amides is 1. The number of hydroxylamine groups is 1. The third kappa shape index (κ3) is 4.20. The Balaban J connectivity index is 1.84. The molecule has 0 radical (unpaired) electrons. The van der Waals surface area contributed by atoms with Crippen molar-refractivity contribution in [3.8, 4) is 17.2 Å². The maximum atomic E-state index is 13.0. The molecule has 9 nitrogen and oxygen atoms in total. The van der Waals surface area contributed by atoms with E-state index in [-0.39, 0.29) is 17.9 Å². The third-order valence-electron chi connectivity index (χ3n) is 4.68. The van der Waals surface area contributed by atoms with E-state index in [1.165, 1.54) is 36.9 Å². The van der Waals surface area contributed by atoms with E-state index in [9.17, 15) is 18.3 Å². The van der Waals surface area contributed by atoms with Crippen molar-refractivity contribution < 1.29 is 37.7 Å². The molecule has 1 saturated heterocycles. The third-order valence-corrected chi connectivity index (χ3v) is 6.98. The van der Waals surface area contributed by atoms with Gasteiger partial charge in [0.15, 0.2) is 15.4 Å². The summed E-state index contributed by atoms with van der Waals surface area (Å²) in [5, 5.41) is 18.0. The molecule has 0 saturated carbocycles. The topological polar surface area (TPSA) is 131 Å². The smallest absolute Gasteiger partial charge is 0.279 e. The van der Waals surface area contributed by atoms with Crippen molar-refractivity contribution in [2.24, 2.45) is 0 Å². The SMILES string of the molecule is COc1cccc(Oc2ccc(S(=O)(=O)C3CCOCC3(O)C(=O)NO)cc2)c1. The number of hydrogen-bond acceptors (Lipinski definition) is 8. The highest BCUT2D eigenvalue weighted by Crippen LogP contribution is 2.32. The van der Waals surface area contributed by atoms with E-state index in [1.54, 1.807) is 24.3 Å². The standard InChI is InChI=1S/C19H21NO8S/c1-26-14-3-2-4-15(11-14)28-13-5-7-16(8-6-13)29(24,25)17-9-10-27-12-19(17,22)18(21)20-23/h2-8,11,17,22-23H,9-10,12H2,1H3,(H,20,21). The molecule has 1 amide bonds. The van der Waals surface area contributed by atoms with Gasteiger partial charge in [0, 0.05) is 12.7 Å². The lowest BCUT2D eigenvalue weighted by Gasteiger charge is -2.36. The number of hydrogen-bond donors (Lipinski definition) is 3. The summed E-state index contributed by atoms with van der Waals surface area (Å²) in [6, 6.07) is 12.5. The van der Waals surface area contributed by atoms with E-state index in [0.717, 1.165) is 0 Å². The van der Waals surface area contributed by atoms with Crippen LogP contribution >= 0.6 is 0 Å². The molecule has 1 heterocycles. The monoisotopic (exact) mass is 423 g/mol. The van der Waals surface area contributed by atoms with Crippen LogP contribution in [0, 0.1) is 0 Å². The Hall–Kier alpha value is -2.66. The van der Waals surface area contributed by atoms with Gasteiger partial charge in [0.25, 0.3) is 5.91 Å². The molecule has 10 heteroatoms. The van der Waals surface area contributed by atoms with Gasteiger partial charge in [-0.25, -0.2) is 13.9 Å². The summed E-state index contributed by atoms with van der Waals surface area (Å²) in [5.74, 6) is 0.289. The molecule has 2 aromatic rings. The van der Waals surface area contributed by atoms with Crippen LogP contribution in [0.3, 0.4) is 0 Å². The number of rotatable bonds is 6. The molecule has 2 atom stereocenters. The Labute approximate surface area is 167 Å². The lowest BCUT2D eigenvalue weighted by molar-refractivity contribution is -0.161. The minimum Gasteiger partial charge on any atom is -0.497 e. The van der Waals surface area contributed by atoms with Crippen LogP contribution in [0.4, 0.5) is 0 Å². The zero-order valence-electron chi connectivity index (χ0n) is 15.6. The van der Waals surface area contributed by atoms with Crippen LogP contribution in [0.1, 0.15) is 6.42 Å². The first-order chi connectivity index (χ1) is 13.8. The number of benzene rings is 2. The zero-order valence-corrected chi connectivity index (χ0v) is 16.4. The molecular weight excluding hydrogens is 402 g/mol. The Morgan fingerprint density at radius 1 is 1.17 bits per heavy atom. The van der Waals surface area contributed by atoms with Gasteiger partial charge >= 0.3 is 0 Å². The van der Waals surface area contributed by atoms with Crippen LogP contribution in [0.5, 0.6) is 17.2 Å². The van der Waals surface area contributed by atoms with Gasteiger partial charge in [-0.1, -0.05) is 6.07 Å². The number of ether oxygens (including phenoxy) is 3. The molecule has 0 bridgehead atoms. The van der Waals surface area contributed by atoms with Gasteiger partial charge in [-0.05, 0) is 42.8 Å². The molecule has 0 aliphatic carbocycles. The molecule has 156 valence electrons. The van der Waals surface area contributed by atoms with E-state index < -0.39 is 33.2 Å². The largest absolute Gasteiger partial charge is 0.497 e. The van der Waals surface area contributed by atoms with Crippen molar-refractivity contribution in [2.75, 3.05) is 20.3 Å². The van der Waals surface area contributed by atoms with Crippen LogP contribution in [-0.2, 0) is 19.4 Å². The highest BCUT2D eigenvalue weighted by molar-refractivity contribution is 7.92. The number of methoxy groups -OCH3 is 1. The van der Waals surface area contributed by atoms with Gasteiger partial charge in [-0.3, -0.25) is 10.0 Å². The summed E-state index contributed by atoms with van der Waals surface area (Å²) in [4.78, 5) is 11.8. The van der Waals surface area contributed by atoms with Gasteiger partial charge in [0.1, 0.15) is 22.5 Å². The summed E-state index contributed by atoms with van der Waals surface area (Å²) in [5.41, 5.74) is -1.09. The number of carbonyl (C=O) groups is 1. The maximum absolute atomic E-state index is 13.0. The van der Waals surface area contributed by atoms with E-state index >= 15 is 0 Å². The average molecular weight is 423 g/mol. The second-order valence-corrected chi connectivity index (χ2v) is 8.62. The van der Waals surface area contributed by atoms with Crippen molar-refractivity contribution in [2.45, 2.75) is 22.2 Å². The molecule has 1 fully saturated rings. The molecular formula is C19H21NO8S. The summed E-state index contributed by atoms with van der Waals surface area (Å²) in [7, 11) is -2.57. The molecule has 1 aliphatic rings. The fraction of sp³-hybridized carbons (Fsp3) is 0.316. The van der Waals surface area contributed by atoms with Crippen molar-refractivity contribution >= 4 is 15.7 Å². The number of carbonyl (C=O) groups excluding carboxylic acids is 1. The van der Waals surface area contributed by atoms with Crippen LogP contribution in [0.2, 0.25) is 0 Å². The quantitative estimate of drug-likeness (QED) is 0.468. The van der Waals surface area contributed by atoms with E-state index in [4.69, 9.17) is 19.4 Å². The van der Waals surface area contributed by atoms with Crippen LogP contribution in [-0.4, -0.2) is 55.8 Å². The highest BCUT2D eigenvalue weighted by atomic mass is 32.2. The van der Waals surface area contributed by atoms with E-state index in [1.807, 2.05) is 0 Å². The first kappa shape index (κ1) is 21.1. The van der Waals surface area contributed by atoms with Gasteiger partial charge in [-0.2, -0.15) is 0 Å². The lowest BCUT2D eigenvalue weighted by atomic mass is 9.95. The molecule has 1 aliphatic heterocycles. The molecule has 0 spiro atoms. The van der Waals surface area contributed by atoms with Crippen molar-refractivity contribution in [3.05, 3.63) is 48.5 Å². The zero-order chi connectivity index (χ0) is 21.1. The molecule has 29 heavy (non-hydrogen) atoms. The average Bonchev–Trinajstić information content (AvgIpc) is 2.73. The van der Waals surface area contributed by atoms with Crippen molar-refractivity contribution in [3.63, 3.8) is 0 Å². The second-order valence-electron chi connectivity index (χ2n) is 6.49. The summed E-state index contributed by atoms with van der Waals surface area (Å²) in [6.45, 7) is -0.484. The maximum Gasteiger partial charge on any atom is 0.279 e. The Morgan fingerprint density at radius 3 is 2.52 bits per heavy atom. The van der Waals surface area contributed by atoms with E-state index in [2.05, 4.69) is 0 Å². The second kappa shape index (κ2) is 8.37. The minimum absolute atomic E-state index is 0.0575. The van der Waals surface area contributed by atoms with E-state index in [0.29, 0.717) is 17.2 Å². The Morgan fingerprint density at radius 2 is 1.86 bits per heavy atom. The van der Waals surface area contributed by atoms with Gasteiger partial charge in [0.05, 0.1) is 18.6 Å². The van der Waals surface area contributed by atoms with Crippen molar-refractivity contribution in [1.82, 2.24) is 5.48 Å². The predicted octanol–water partition coefficient (Wildman–Crippen LogP) is 1.29. The minimum atomic E-state index is -4.10. The Bertz CT molecular complexity index is 976. The lowest BCUT2D eigenvalue weighted by Crippen LogP contribution is -2.62. The van der Waals surface area contributed by atoms with Gasteiger partial charge in [0.2, 0.25) is 0 Å². The van der Waals surface area contributed by atoms with Crippen molar-refractivity contribution in [1.29, 1.82) is 0 Å². The van der Waals surface area contributed by atoms with Crippen LogP contribution in [0.15, 0.2) is 53.4 Å². The molecule has 0 aromatic heterocycles. The molecule has 2 aromatic carbocycles. The number of aliphatic hydroxyl groups is 1. The first-order valence-corrected chi connectivity index (χ1v) is 10.3. The predicted molar refractivity (Wildman–Crippen MR) is 101 cm³/mol. The fourth-order valence-corrected chi connectivity index (χ4v) is 5.07. The summed E-state index contributed by atoms with van der Waals surface area (Å²) < 4.78 is 42.0.